The van der Waals surface area contributed by atoms with Crippen molar-refractivity contribution < 1.29 is 23.3 Å². The van der Waals surface area contributed by atoms with E-state index in [1.54, 1.807) is 18.2 Å². The van der Waals surface area contributed by atoms with Gasteiger partial charge in [-0.1, -0.05) is 11.6 Å². The van der Waals surface area contributed by atoms with Crippen molar-refractivity contribution in [2.45, 2.75) is 13.2 Å². The number of ether oxygens (including phenoxy) is 1. The van der Waals surface area contributed by atoms with Gasteiger partial charge in [0.2, 0.25) is 0 Å². The number of rotatable bonds is 7. The van der Waals surface area contributed by atoms with Crippen LogP contribution in [0.15, 0.2) is 57.6 Å². The molecule has 0 aliphatic rings. The maximum absolute atomic E-state index is 12.0. The lowest BCUT2D eigenvalue weighted by molar-refractivity contribution is -0.384. The topological polar surface area (TPSA) is 108 Å². The molecule has 0 aliphatic heterocycles. The predicted molar refractivity (Wildman–Crippen MR) is 91.0 cm³/mol. The fourth-order valence-electron chi connectivity index (χ4n) is 2.11. The number of halogens is 1. The van der Waals surface area contributed by atoms with Gasteiger partial charge in [0.15, 0.2) is 5.76 Å². The van der Waals surface area contributed by atoms with Gasteiger partial charge in [-0.05, 0) is 30.3 Å². The molecule has 26 heavy (non-hydrogen) atoms. The molecule has 3 aromatic rings. The molecule has 8 nitrogen and oxygen atoms in total. The highest BCUT2D eigenvalue weighted by Crippen LogP contribution is 2.29. The van der Waals surface area contributed by atoms with Gasteiger partial charge in [-0.3, -0.25) is 14.9 Å². The molecule has 1 N–H and O–H groups in total. The Balaban J connectivity index is 1.59. The first-order chi connectivity index (χ1) is 12.5. The standard InChI is InChI=1S/C17H13ClN2O6/c18-14-5-3-11(20(22)23)8-16(14)25-10-13-4-6-15(26-13)17(21)19-9-12-2-1-7-24-12/h1-8H,9-10H2,(H,19,21). The Morgan fingerprint density at radius 1 is 1.23 bits per heavy atom. The molecule has 0 unspecified atom stereocenters. The van der Waals surface area contributed by atoms with Crippen molar-refractivity contribution in [3.05, 3.63) is 81.1 Å². The molecule has 3 rings (SSSR count). The van der Waals surface area contributed by atoms with Gasteiger partial charge in [0.05, 0.1) is 28.8 Å². The van der Waals surface area contributed by atoms with Crippen molar-refractivity contribution in [1.29, 1.82) is 0 Å². The van der Waals surface area contributed by atoms with Crippen molar-refractivity contribution in [2.24, 2.45) is 0 Å². The summed E-state index contributed by atoms with van der Waals surface area (Å²) in [6.07, 6.45) is 1.52. The average molecular weight is 377 g/mol. The summed E-state index contributed by atoms with van der Waals surface area (Å²) in [5.41, 5.74) is -0.137. The third-order valence-electron chi connectivity index (χ3n) is 3.38. The molecule has 1 amide bonds. The Labute approximate surface area is 152 Å². The number of benzene rings is 1. The molecule has 0 aliphatic carbocycles. The zero-order valence-electron chi connectivity index (χ0n) is 13.3. The van der Waals surface area contributed by atoms with Crippen molar-refractivity contribution in [2.75, 3.05) is 0 Å². The Morgan fingerprint density at radius 2 is 2.08 bits per heavy atom. The van der Waals surface area contributed by atoms with Crippen molar-refractivity contribution in [3.63, 3.8) is 0 Å². The minimum Gasteiger partial charge on any atom is -0.484 e. The van der Waals surface area contributed by atoms with E-state index >= 15 is 0 Å². The molecule has 0 saturated carbocycles. The van der Waals surface area contributed by atoms with Gasteiger partial charge in [0, 0.05) is 6.07 Å². The van der Waals surface area contributed by atoms with Gasteiger partial charge in [-0.15, -0.1) is 0 Å². The second-order valence-electron chi connectivity index (χ2n) is 5.19. The van der Waals surface area contributed by atoms with Crippen LogP contribution < -0.4 is 10.1 Å². The highest BCUT2D eigenvalue weighted by molar-refractivity contribution is 6.32. The lowest BCUT2D eigenvalue weighted by atomic mass is 10.3. The van der Waals surface area contributed by atoms with E-state index in [1.165, 1.54) is 30.5 Å². The summed E-state index contributed by atoms with van der Waals surface area (Å²) >= 11 is 5.96. The summed E-state index contributed by atoms with van der Waals surface area (Å²) in [4.78, 5) is 22.3. The molecule has 2 heterocycles. The highest BCUT2D eigenvalue weighted by atomic mass is 35.5. The third kappa shape index (κ3) is 4.22. The molecule has 134 valence electrons. The Morgan fingerprint density at radius 3 is 2.81 bits per heavy atom. The molecule has 2 aromatic heterocycles. The molecule has 0 fully saturated rings. The number of carbonyl (C=O) groups is 1. The van der Waals surface area contributed by atoms with Crippen molar-refractivity contribution >= 4 is 23.2 Å². The van der Waals surface area contributed by atoms with Gasteiger partial charge in [0.1, 0.15) is 23.9 Å². The first kappa shape index (κ1) is 17.6. The lowest BCUT2D eigenvalue weighted by Crippen LogP contribution is -2.21. The molecular formula is C17H13ClN2O6. The largest absolute Gasteiger partial charge is 0.484 e. The van der Waals surface area contributed by atoms with Crippen LogP contribution in [0.3, 0.4) is 0 Å². The molecular weight excluding hydrogens is 364 g/mol. The number of amides is 1. The molecule has 1 aromatic carbocycles. The number of hydrogen-bond donors (Lipinski definition) is 1. The number of nitro benzene ring substituents is 1. The van der Waals surface area contributed by atoms with Crippen LogP contribution in [0.1, 0.15) is 22.1 Å². The van der Waals surface area contributed by atoms with Crippen LogP contribution in [0.2, 0.25) is 5.02 Å². The minimum absolute atomic E-state index is 0.0354. The molecule has 0 radical (unpaired) electrons. The minimum atomic E-state index is -0.544. The maximum Gasteiger partial charge on any atom is 0.287 e. The van der Waals surface area contributed by atoms with E-state index in [-0.39, 0.29) is 35.4 Å². The highest BCUT2D eigenvalue weighted by Gasteiger charge is 2.14. The number of hydrogen-bond acceptors (Lipinski definition) is 6. The Hall–Kier alpha value is -3.26. The van der Waals surface area contributed by atoms with Crippen molar-refractivity contribution in [1.82, 2.24) is 5.32 Å². The first-order valence-electron chi connectivity index (χ1n) is 7.49. The quantitative estimate of drug-likeness (QED) is 0.494. The van der Waals surface area contributed by atoms with Crippen LogP contribution in [0.4, 0.5) is 5.69 Å². The second-order valence-corrected chi connectivity index (χ2v) is 5.60. The average Bonchev–Trinajstić information content (AvgIpc) is 3.30. The van der Waals surface area contributed by atoms with E-state index in [0.717, 1.165) is 0 Å². The molecule has 0 atom stereocenters. The monoisotopic (exact) mass is 376 g/mol. The summed E-state index contributed by atoms with van der Waals surface area (Å²) in [7, 11) is 0. The number of non-ortho nitro benzene ring substituents is 1. The van der Waals surface area contributed by atoms with Crippen LogP contribution in [0, 0.1) is 10.1 Å². The summed E-state index contributed by atoms with van der Waals surface area (Å²) < 4.78 is 16.0. The molecule has 0 saturated heterocycles. The maximum atomic E-state index is 12.0. The third-order valence-corrected chi connectivity index (χ3v) is 3.70. The molecule has 9 heteroatoms. The summed E-state index contributed by atoms with van der Waals surface area (Å²) in [5.74, 6) is 0.854. The molecule has 0 bridgehead atoms. The van der Waals surface area contributed by atoms with Gasteiger partial charge in [-0.2, -0.15) is 0 Å². The van der Waals surface area contributed by atoms with Gasteiger partial charge in [-0.25, -0.2) is 0 Å². The van der Waals surface area contributed by atoms with Crippen LogP contribution in [0.5, 0.6) is 5.75 Å². The van der Waals surface area contributed by atoms with Gasteiger partial charge < -0.3 is 18.9 Å². The van der Waals surface area contributed by atoms with E-state index in [2.05, 4.69) is 5.32 Å². The fraction of sp³-hybridized carbons (Fsp3) is 0.118. The summed E-state index contributed by atoms with van der Waals surface area (Å²) in [6.45, 7) is 0.202. The zero-order chi connectivity index (χ0) is 18.5. The van der Waals surface area contributed by atoms with E-state index in [1.807, 2.05) is 0 Å². The number of nitrogens with zero attached hydrogens (tertiary/aromatic N) is 1. The summed E-state index contributed by atoms with van der Waals surface area (Å²) in [5, 5.41) is 13.7. The van der Waals surface area contributed by atoms with E-state index in [9.17, 15) is 14.9 Å². The number of carbonyl (C=O) groups excluding carboxylic acids is 1. The number of nitrogens with one attached hydrogen (secondary N) is 1. The van der Waals surface area contributed by atoms with E-state index in [4.69, 9.17) is 25.2 Å². The molecule has 0 spiro atoms. The van der Waals surface area contributed by atoms with Crippen LogP contribution >= 0.6 is 11.6 Å². The first-order valence-corrected chi connectivity index (χ1v) is 7.87. The smallest absolute Gasteiger partial charge is 0.287 e. The zero-order valence-corrected chi connectivity index (χ0v) is 14.1. The van der Waals surface area contributed by atoms with Gasteiger partial charge >= 0.3 is 0 Å². The van der Waals surface area contributed by atoms with Crippen LogP contribution in [0.25, 0.3) is 0 Å². The van der Waals surface area contributed by atoms with Crippen molar-refractivity contribution in [3.8, 4) is 5.75 Å². The normalized spacial score (nSPS) is 10.5. The van der Waals surface area contributed by atoms with Crippen LogP contribution in [-0.2, 0) is 13.2 Å². The van der Waals surface area contributed by atoms with E-state index < -0.39 is 10.8 Å². The predicted octanol–water partition coefficient (Wildman–Crippen LogP) is 3.94. The lowest BCUT2D eigenvalue weighted by Gasteiger charge is -2.06. The van der Waals surface area contributed by atoms with E-state index in [0.29, 0.717) is 11.5 Å². The Kier molecular flexibility index (Phi) is 5.23. The summed E-state index contributed by atoms with van der Waals surface area (Å²) in [6, 6.07) is 10.4. The second kappa shape index (κ2) is 7.75. The number of furan rings is 2. The van der Waals surface area contributed by atoms with Crippen LogP contribution in [-0.4, -0.2) is 10.8 Å². The van der Waals surface area contributed by atoms with Gasteiger partial charge in [0.25, 0.3) is 11.6 Å². The number of nitro groups is 1. The SMILES string of the molecule is O=C(NCc1ccco1)c1ccc(COc2cc([N+](=O)[O-])ccc2Cl)o1. The Bertz CT molecular complexity index is 919. The fourth-order valence-corrected chi connectivity index (χ4v) is 2.28.